The number of aromatic nitrogens is 3. The molecule has 128 valence electrons. The third-order valence-electron chi connectivity index (χ3n) is 3.47. The molecule has 0 amide bonds. The van der Waals surface area contributed by atoms with E-state index in [9.17, 15) is 4.79 Å². The van der Waals surface area contributed by atoms with Crippen molar-refractivity contribution in [2.24, 2.45) is 0 Å². The first kappa shape index (κ1) is 17.0. The summed E-state index contributed by atoms with van der Waals surface area (Å²) < 4.78 is 5.25. The van der Waals surface area contributed by atoms with E-state index in [2.05, 4.69) is 15.0 Å². The normalized spacial score (nSPS) is 10.5. The summed E-state index contributed by atoms with van der Waals surface area (Å²) in [5, 5.41) is 1.95. The second-order valence-corrected chi connectivity index (χ2v) is 6.38. The zero-order valence-electron chi connectivity index (χ0n) is 14.3. The van der Waals surface area contributed by atoms with Crippen LogP contribution in [0.15, 0.2) is 42.0 Å². The van der Waals surface area contributed by atoms with Gasteiger partial charge in [0.25, 0.3) is 0 Å². The van der Waals surface area contributed by atoms with Crippen LogP contribution in [0, 0.1) is 0 Å². The van der Waals surface area contributed by atoms with Gasteiger partial charge in [-0.3, -0.25) is 4.98 Å². The van der Waals surface area contributed by atoms with Crippen molar-refractivity contribution in [1.82, 2.24) is 15.0 Å². The van der Waals surface area contributed by atoms with E-state index in [1.807, 2.05) is 43.7 Å². The number of carbonyl (C=O) groups is 1. The first-order valence-electron chi connectivity index (χ1n) is 7.82. The number of ether oxygens (including phenoxy) is 1. The molecule has 0 saturated heterocycles. The Morgan fingerprint density at radius 1 is 1.24 bits per heavy atom. The molecule has 0 aromatic carbocycles. The standard InChI is InChI=1S/C18H18N4O2S/c1-4-24-18(23)14-15(13-8-6-10-25-13)20-16(21-17(14)22(2)3)12-7-5-9-19-11-12/h5-11H,4H2,1-3H3. The highest BCUT2D eigenvalue weighted by Crippen LogP contribution is 2.33. The van der Waals surface area contributed by atoms with Crippen molar-refractivity contribution in [3.63, 3.8) is 0 Å². The van der Waals surface area contributed by atoms with Crippen LogP contribution in [-0.4, -0.2) is 41.6 Å². The van der Waals surface area contributed by atoms with E-state index < -0.39 is 5.97 Å². The Morgan fingerprint density at radius 2 is 2.08 bits per heavy atom. The fourth-order valence-corrected chi connectivity index (χ4v) is 3.10. The summed E-state index contributed by atoms with van der Waals surface area (Å²) in [7, 11) is 3.69. The maximum atomic E-state index is 12.6. The number of pyridine rings is 1. The van der Waals surface area contributed by atoms with Crippen LogP contribution in [0.3, 0.4) is 0 Å². The van der Waals surface area contributed by atoms with Crippen LogP contribution < -0.4 is 4.90 Å². The molecule has 0 N–H and O–H groups in total. The Morgan fingerprint density at radius 3 is 2.68 bits per heavy atom. The van der Waals surface area contributed by atoms with Crippen LogP contribution >= 0.6 is 11.3 Å². The summed E-state index contributed by atoms with van der Waals surface area (Å²) in [6, 6.07) is 7.58. The highest BCUT2D eigenvalue weighted by Gasteiger charge is 2.25. The van der Waals surface area contributed by atoms with Gasteiger partial charge in [-0.05, 0) is 30.5 Å². The van der Waals surface area contributed by atoms with Crippen molar-refractivity contribution in [3.05, 3.63) is 47.6 Å². The molecular formula is C18H18N4O2S. The van der Waals surface area contributed by atoms with Crippen LogP contribution in [0.25, 0.3) is 22.0 Å². The van der Waals surface area contributed by atoms with Crippen molar-refractivity contribution in [2.75, 3.05) is 25.6 Å². The maximum absolute atomic E-state index is 12.6. The average molecular weight is 354 g/mol. The minimum Gasteiger partial charge on any atom is -0.462 e. The van der Waals surface area contributed by atoms with Gasteiger partial charge in [-0.1, -0.05) is 6.07 Å². The van der Waals surface area contributed by atoms with E-state index in [1.54, 1.807) is 24.2 Å². The van der Waals surface area contributed by atoms with E-state index in [4.69, 9.17) is 4.74 Å². The second kappa shape index (κ2) is 7.40. The smallest absolute Gasteiger partial charge is 0.344 e. The number of esters is 1. The predicted molar refractivity (Wildman–Crippen MR) is 98.9 cm³/mol. The lowest BCUT2D eigenvalue weighted by Crippen LogP contribution is -2.19. The van der Waals surface area contributed by atoms with E-state index in [1.165, 1.54) is 11.3 Å². The zero-order chi connectivity index (χ0) is 17.8. The Balaban J connectivity index is 2.28. The number of nitrogens with zero attached hydrogens (tertiary/aromatic N) is 4. The number of rotatable bonds is 5. The van der Waals surface area contributed by atoms with Gasteiger partial charge in [-0.25, -0.2) is 14.8 Å². The second-order valence-electron chi connectivity index (χ2n) is 5.43. The lowest BCUT2D eigenvalue weighted by atomic mass is 10.1. The topological polar surface area (TPSA) is 68.2 Å². The molecule has 0 aliphatic heterocycles. The molecule has 3 aromatic rings. The summed E-state index contributed by atoms with van der Waals surface area (Å²) in [6.45, 7) is 2.07. The fraction of sp³-hybridized carbons (Fsp3) is 0.222. The fourth-order valence-electron chi connectivity index (χ4n) is 2.38. The van der Waals surface area contributed by atoms with Gasteiger partial charge in [0.05, 0.1) is 11.5 Å². The van der Waals surface area contributed by atoms with Crippen LogP contribution in [-0.2, 0) is 4.74 Å². The summed E-state index contributed by atoms with van der Waals surface area (Å²) in [4.78, 5) is 28.7. The zero-order valence-corrected chi connectivity index (χ0v) is 15.1. The molecule has 7 heteroatoms. The van der Waals surface area contributed by atoms with Gasteiger partial charge in [-0.15, -0.1) is 11.3 Å². The van der Waals surface area contributed by atoms with Crippen LogP contribution in [0.4, 0.5) is 5.82 Å². The number of hydrogen-bond donors (Lipinski definition) is 0. The molecule has 0 atom stereocenters. The quantitative estimate of drug-likeness (QED) is 0.653. The molecule has 0 aliphatic rings. The molecule has 3 rings (SSSR count). The minimum atomic E-state index is -0.424. The molecule has 0 saturated carbocycles. The molecular weight excluding hydrogens is 336 g/mol. The molecule has 0 aliphatic carbocycles. The SMILES string of the molecule is CCOC(=O)c1c(-c2cccs2)nc(-c2cccnc2)nc1N(C)C. The Labute approximate surface area is 150 Å². The van der Waals surface area contributed by atoms with Gasteiger partial charge < -0.3 is 9.64 Å². The molecule has 3 aromatic heterocycles. The minimum absolute atomic E-state index is 0.292. The molecule has 25 heavy (non-hydrogen) atoms. The highest BCUT2D eigenvalue weighted by molar-refractivity contribution is 7.13. The van der Waals surface area contributed by atoms with Gasteiger partial charge in [0.15, 0.2) is 5.82 Å². The van der Waals surface area contributed by atoms with Crippen LogP contribution in [0.5, 0.6) is 0 Å². The Hall–Kier alpha value is -2.80. The number of carbonyl (C=O) groups excluding carboxylic acids is 1. The van der Waals surface area contributed by atoms with Gasteiger partial charge in [0, 0.05) is 32.1 Å². The first-order chi connectivity index (χ1) is 12.1. The monoisotopic (exact) mass is 354 g/mol. The van der Waals surface area contributed by atoms with E-state index >= 15 is 0 Å². The maximum Gasteiger partial charge on any atom is 0.344 e. The van der Waals surface area contributed by atoms with Gasteiger partial charge in [-0.2, -0.15) is 0 Å². The molecule has 0 unspecified atom stereocenters. The summed E-state index contributed by atoms with van der Waals surface area (Å²) in [5.41, 5.74) is 1.74. The molecule has 3 heterocycles. The molecule has 0 fully saturated rings. The van der Waals surface area contributed by atoms with Gasteiger partial charge in [0.1, 0.15) is 17.1 Å². The first-order valence-corrected chi connectivity index (χ1v) is 8.70. The lowest BCUT2D eigenvalue weighted by Gasteiger charge is -2.18. The molecule has 0 bridgehead atoms. The van der Waals surface area contributed by atoms with Crippen LogP contribution in [0.2, 0.25) is 0 Å². The highest BCUT2D eigenvalue weighted by atomic mass is 32.1. The van der Waals surface area contributed by atoms with E-state index in [-0.39, 0.29) is 0 Å². The van der Waals surface area contributed by atoms with Gasteiger partial charge in [0.2, 0.25) is 0 Å². The molecule has 0 radical (unpaired) electrons. The summed E-state index contributed by atoms with van der Waals surface area (Å²) >= 11 is 1.52. The van der Waals surface area contributed by atoms with Crippen LogP contribution in [0.1, 0.15) is 17.3 Å². The number of anilines is 1. The van der Waals surface area contributed by atoms with E-state index in [0.717, 1.165) is 10.4 Å². The summed E-state index contributed by atoms with van der Waals surface area (Å²) in [5.74, 6) is 0.622. The van der Waals surface area contributed by atoms with Crippen molar-refractivity contribution in [1.29, 1.82) is 0 Å². The average Bonchev–Trinajstić information content (AvgIpc) is 3.16. The van der Waals surface area contributed by atoms with Crippen molar-refractivity contribution < 1.29 is 9.53 Å². The Kier molecular flexibility index (Phi) is 5.04. The number of thiophene rings is 1. The third kappa shape index (κ3) is 3.51. The largest absolute Gasteiger partial charge is 0.462 e. The number of hydrogen-bond acceptors (Lipinski definition) is 7. The lowest BCUT2D eigenvalue weighted by molar-refractivity contribution is 0.0527. The molecule has 0 spiro atoms. The third-order valence-corrected chi connectivity index (χ3v) is 4.34. The predicted octanol–water partition coefficient (Wildman–Crippen LogP) is 3.51. The Bertz CT molecular complexity index is 864. The summed E-state index contributed by atoms with van der Waals surface area (Å²) in [6.07, 6.45) is 3.40. The van der Waals surface area contributed by atoms with Crippen molar-refractivity contribution in [2.45, 2.75) is 6.92 Å². The van der Waals surface area contributed by atoms with Crippen molar-refractivity contribution in [3.8, 4) is 22.0 Å². The van der Waals surface area contributed by atoms with Gasteiger partial charge >= 0.3 is 5.97 Å². The molecule has 6 nitrogen and oxygen atoms in total. The van der Waals surface area contributed by atoms with E-state index in [0.29, 0.717) is 29.5 Å². The van der Waals surface area contributed by atoms with Crippen molar-refractivity contribution >= 4 is 23.1 Å².